The first-order chi connectivity index (χ1) is 6.86. The minimum atomic E-state index is 0.110. The molecule has 0 fully saturated rings. The van der Waals surface area contributed by atoms with E-state index in [9.17, 15) is 0 Å². The van der Waals surface area contributed by atoms with E-state index < -0.39 is 0 Å². The Morgan fingerprint density at radius 2 is 1.93 bits per heavy atom. The van der Waals surface area contributed by atoms with Crippen LogP contribution < -0.4 is 4.90 Å². The molecule has 1 aromatic rings. The normalized spacial score (nSPS) is 11.6. The van der Waals surface area contributed by atoms with Crippen molar-refractivity contribution in [3.63, 3.8) is 0 Å². The molecule has 0 heterocycles. The molecule has 0 unspecified atom stereocenters. The summed E-state index contributed by atoms with van der Waals surface area (Å²) in [6, 6.07) is 6.19. The topological polar surface area (TPSA) is 3.24 Å². The molecule has 0 spiro atoms. The van der Waals surface area contributed by atoms with Gasteiger partial charge in [-0.25, -0.2) is 0 Å². The Balaban J connectivity index is 3.02. The SMILES string of the molecule is CN(c1ccc(CBr)c(Cl)c1)C(C)(C)C. The molecule has 0 radical (unpaired) electrons. The highest BCUT2D eigenvalue weighted by Gasteiger charge is 2.17. The summed E-state index contributed by atoms with van der Waals surface area (Å²) in [6.45, 7) is 6.54. The Morgan fingerprint density at radius 1 is 1.33 bits per heavy atom. The monoisotopic (exact) mass is 289 g/mol. The van der Waals surface area contributed by atoms with Crippen LogP contribution in [-0.2, 0) is 5.33 Å². The van der Waals surface area contributed by atoms with Crippen LogP contribution in [0.15, 0.2) is 18.2 Å². The number of rotatable bonds is 2. The zero-order chi connectivity index (χ0) is 11.6. The highest BCUT2D eigenvalue weighted by molar-refractivity contribution is 9.08. The first-order valence-electron chi connectivity index (χ1n) is 4.94. The lowest BCUT2D eigenvalue weighted by molar-refractivity contribution is 0.539. The molecule has 0 amide bonds. The smallest absolute Gasteiger partial charge is 0.0467 e. The van der Waals surface area contributed by atoms with Crippen LogP contribution in [0.4, 0.5) is 5.69 Å². The predicted octanol–water partition coefficient (Wildman–Crippen LogP) is 4.47. The van der Waals surface area contributed by atoms with Crippen LogP contribution in [0.25, 0.3) is 0 Å². The number of hydrogen-bond acceptors (Lipinski definition) is 1. The Labute approximate surface area is 106 Å². The van der Waals surface area contributed by atoms with E-state index in [1.807, 2.05) is 6.07 Å². The molecule has 0 atom stereocenters. The summed E-state index contributed by atoms with van der Waals surface area (Å²) in [6.07, 6.45) is 0. The standard InChI is InChI=1S/C12H17BrClN/c1-12(2,3)15(4)10-6-5-9(8-13)11(14)7-10/h5-7H,8H2,1-4H3. The molecule has 0 aromatic heterocycles. The van der Waals surface area contributed by atoms with Gasteiger partial charge < -0.3 is 4.90 Å². The Kier molecular flexibility index (Phi) is 4.07. The lowest BCUT2D eigenvalue weighted by Crippen LogP contribution is -2.37. The van der Waals surface area contributed by atoms with Crippen molar-refractivity contribution in [2.45, 2.75) is 31.6 Å². The van der Waals surface area contributed by atoms with Crippen LogP contribution in [0.1, 0.15) is 26.3 Å². The second-order valence-electron chi connectivity index (χ2n) is 4.64. The lowest BCUT2D eigenvalue weighted by atomic mass is 10.1. The van der Waals surface area contributed by atoms with Gasteiger partial charge >= 0.3 is 0 Å². The Bertz CT molecular complexity index is 344. The van der Waals surface area contributed by atoms with Gasteiger partial charge in [-0.15, -0.1) is 0 Å². The van der Waals surface area contributed by atoms with Gasteiger partial charge in [-0.3, -0.25) is 0 Å². The number of halogens is 2. The first-order valence-corrected chi connectivity index (χ1v) is 6.44. The maximum atomic E-state index is 6.17. The summed E-state index contributed by atoms with van der Waals surface area (Å²) in [5.41, 5.74) is 2.39. The number of alkyl halides is 1. The van der Waals surface area contributed by atoms with Crippen LogP contribution in [-0.4, -0.2) is 12.6 Å². The fourth-order valence-corrected chi connectivity index (χ4v) is 2.13. The molecular formula is C12H17BrClN. The van der Waals surface area contributed by atoms with Crippen molar-refractivity contribution in [3.05, 3.63) is 28.8 Å². The number of anilines is 1. The van der Waals surface area contributed by atoms with Crippen LogP contribution in [0.3, 0.4) is 0 Å². The average Bonchev–Trinajstić information content (AvgIpc) is 2.15. The zero-order valence-corrected chi connectivity index (χ0v) is 12.0. The van der Waals surface area contributed by atoms with E-state index in [0.29, 0.717) is 0 Å². The zero-order valence-electron chi connectivity index (χ0n) is 9.64. The van der Waals surface area contributed by atoms with Gasteiger partial charge in [0.15, 0.2) is 0 Å². The maximum Gasteiger partial charge on any atom is 0.0467 e. The molecule has 1 rings (SSSR count). The highest BCUT2D eigenvalue weighted by Crippen LogP contribution is 2.28. The van der Waals surface area contributed by atoms with E-state index in [0.717, 1.165) is 21.6 Å². The van der Waals surface area contributed by atoms with Gasteiger partial charge in [-0.1, -0.05) is 33.6 Å². The Morgan fingerprint density at radius 3 is 2.33 bits per heavy atom. The lowest BCUT2D eigenvalue weighted by Gasteiger charge is -2.34. The minimum Gasteiger partial charge on any atom is -0.370 e. The number of hydrogen-bond donors (Lipinski definition) is 0. The largest absolute Gasteiger partial charge is 0.370 e. The van der Waals surface area contributed by atoms with Crippen molar-refractivity contribution in [1.82, 2.24) is 0 Å². The molecule has 15 heavy (non-hydrogen) atoms. The van der Waals surface area contributed by atoms with Crippen LogP contribution >= 0.6 is 27.5 Å². The molecular weight excluding hydrogens is 273 g/mol. The summed E-state index contributed by atoms with van der Waals surface area (Å²) in [5.74, 6) is 0. The van der Waals surface area contributed by atoms with Crippen LogP contribution in [0.5, 0.6) is 0 Å². The maximum absolute atomic E-state index is 6.17. The molecule has 1 nitrogen and oxygen atoms in total. The predicted molar refractivity (Wildman–Crippen MR) is 72.2 cm³/mol. The number of benzene rings is 1. The van der Waals surface area contributed by atoms with Gasteiger partial charge in [-0.2, -0.15) is 0 Å². The van der Waals surface area contributed by atoms with Crippen molar-refractivity contribution >= 4 is 33.2 Å². The van der Waals surface area contributed by atoms with Gasteiger partial charge in [0.05, 0.1) is 0 Å². The van der Waals surface area contributed by atoms with Crippen LogP contribution in [0, 0.1) is 0 Å². The summed E-state index contributed by atoms with van der Waals surface area (Å²) in [4.78, 5) is 2.22. The van der Waals surface area contributed by atoms with Gasteiger partial charge in [0.25, 0.3) is 0 Å². The van der Waals surface area contributed by atoms with Crippen molar-refractivity contribution in [3.8, 4) is 0 Å². The second-order valence-corrected chi connectivity index (χ2v) is 5.61. The molecule has 0 aliphatic rings. The molecule has 0 saturated carbocycles. The van der Waals surface area contributed by atoms with E-state index >= 15 is 0 Å². The van der Waals surface area contributed by atoms with Gasteiger partial charge in [0, 0.05) is 28.6 Å². The first kappa shape index (κ1) is 12.9. The Hall–Kier alpha value is -0.210. The molecule has 0 aliphatic carbocycles. The fraction of sp³-hybridized carbons (Fsp3) is 0.500. The third kappa shape index (κ3) is 3.12. The molecule has 0 aliphatic heterocycles. The molecule has 0 bridgehead atoms. The van der Waals surface area contributed by atoms with E-state index in [-0.39, 0.29) is 5.54 Å². The summed E-state index contributed by atoms with van der Waals surface area (Å²) >= 11 is 9.58. The van der Waals surface area contributed by atoms with E-state index in [4.69, 9.17) is 11.6 Å². The van der Waals surface area contributed by atoms with Crippen molar-refractivity contribution in [1.29, 1.82) is 0 Å². The highest BCUT2D eigenvalue weighted by atomic mass is 79.9. The third-order valence-corrected chi connectivity index (χ3v) is 3.53. The molecule has 84 valence electrons. The molecule has 3 heteroatoms. The van der Waals surface area contributed by atoms with Gasteiger partial charge in [0.2, 0.25) is 0 Å². The molecule has 0 N–H and O–H groups in total. The summed E-state index contributed by atoms with van der Waals surface area (Å²) in [7, 11) is 2.08. The van der Waals surface area contributed by atoms with Crippen molar-refractivity contribution in [2.75, 3.05) is 11.9 Å². The van der Waals surface area contributed by atoms with E-state index in [2.05, 4.69) is 60.8 Å². The quantitative estimate of drug-likeness (QED) is 0.726. The van der Waals surface area contributed by atoms with Crippen molar-refractivity contribution < 1.29 is 0 Å². The molecule has 0 saturated heterocycles. The summed E-state index contributed by atoms with van der Waals surface area (Å²) < 4.78 is 0. The third-order valence-electron chi connectivity index (χ3n) is 2.57. The van der Waals surface area contributed by atoms with Crippen LogP contribution in [0.2, 0.25) is 5.02 Å². The molecule has 1 aromatic carbocycles. The van der Waals surface area contributed by atoms with E-state index in [1.54, 1.807) is 0 Å². The van der Waals surface area contributed by atoms with E-state index in [1.165, 1.54) is 0 Å². The summed E-state index contributed by atoms with van der Waals surface area (Å²) in [5, 5.41) is 1.62. The second kappa shape index (κ2) is 4.75. The van der Waals surface area contributed by atoms with Crippen molar-refractivity contribution in [2.24, 2.45) is 0 Å². The fourth-order valence-electron chi connectivity index (χ4n) is 1.24. The average molecular weight is 291 g/mol. The number of nitrogens with zero attached hydrogens (tertiary/aromatic N) is 1. The van der Waals surface area contributed by atoms with Gasteiger partial charge in [0.1, 0.15) is 0 Å². The minimum absolute atomic E-state index is 0.110. The van der Waals surface area contributed by atoms with Gasteiger partial charge in [-0.05, 0) is 38.5 Å².